The minimum Gasteiger partial charge on any atom is -0.502 e. The first kappa shape index (κ1) is 20.8. The summed E-state index contributed by atoms with van der Waals surface area (Å²) < 4.78 is 5.00. The van der Waals surface area contributed by atoms with Crippen molar-refractivity contribution in [1.29, 1.82) is 0 Å². The topological polar surface area (TPSA) is 110 Å². The number of hydrogen-bond donors (Lipinski definition) is 1. The maximum absolute atomic E-state index is 12.5. The summed E-state index contributed by atoms with van der Waals surface area (Å²) in [7, 11) is 1.34. The van der Waals surface area contributed by atoms with Crippen molar-refractivity contribution in [3.05, 3.63) is 38.8 Å². The zero-order chi connectivity index (χ0) is 20.0. The van der Waals surface area contributed by atoms with E-state index in [1.54, 1.807) is 0 Å². The summed E-state index contributed by atoms with van der Waals surface area (Å²) in [6.07, 6.45) is 3.99. The van der Waals surface area contributed by atoms with Crippen LogP contribution in [0.3, 0.4) is 0 Å². The molecule has 1 fully saturated rings. The number of benzene rings is 1. The number of carbonyl (C=O) groups excluding carboxylic acids is 2. The van der Waals surface area contributed by atoms with Crippen molar-refractivity contribution in [2.75, 3.05) is 13.7 Å². The van der Waals surface area contributed by atoms with Gasteiger partial charge in [0.2, 0.25) is 0 Å². The zero-order valence-electron chi connectivity index (χ0n) is 14.5. The number of unbranched alkanes of at least 4 members (excludes halogenated alkanes) is 2. The maximum Gasteiger partial charge on any atom is 0.311 e. The van der Waals surface area contributed by atoms with Gasteiger partial charge in [-0.15, -0.1) is 0 Å². The molecule has 1 amide bonds. The number of ether oxygens (including phenoxy) is 1. The third kappa shape index (κ3) is 5.51. The molecule has 1 aromatic carbocycles. The van der Waals surface area contributed by atoms with E-state index in [1.165, 1.54) is 36.3 Å². The average Bonchev–Trinajstić information content (AvgIpc) is 2.89. The molecular formula is C17H18N2O6S2. The maximum atomic E-state index is 12.5. The summed E-state index contributed by atoms with van der Waals surface area (Å²) in [5, 5.41) is 20.4. The van der Waals surface area contributed by atoms with Crippen LogP contribution in [0.15, 0.2) is 23.1 Å². The molecule has 27 heavy (non-hydrogen) atoms. The first-order valence-electron chi connectivity index (χ1n) is 8.13. The number of aromatic hydroxyl groups is 1. The average molecular weight is 410 g/mol. The van der Waals surface area contributed by atoms with E-state index in [1.807, 2.05) is 0 Å². The predicted octanol–water partition coefficient (Wildman–Crippen LogP) is 3.24. The first-order chi connectivity index (χ1) is 12.8. The number of thioether (sulfide) groups is 1. The highest BCUT2D eigenvalue weighted by Gasteiger charge is 2.31. The molecule has 0 unspecified atom stereocenters. The number of amides is 1. The van der Waals surface area contributed by atoms with Crippen LogP contribution in [0.2, 0.25) is 0 Å². The number of methoxy groups -OCH3 is 1. The molecule has 2 rings (SSSR count). The standard InChI is InChI=1S/C17H18N2O6S2/c1-25-15(21)5-3-2-4-8-18-16(22)14(27-17(18)26)10-11-6-7-13(20)12(9-11)19(23)24/h6-7,9-10,20H,2-5,8H2,1H3/b14-10-. The van der Waals surface area contributed by atoms with Crippen LogP contribution < -0.4 is 0 Å². The van der Waals surface area contributed by atoms with Crippen molar-refractivity contribution in [3.8, 4) is 5.75 Å². The fraction of sp³-hybridized carbons (Fsp3) is 0.353. The van der Waals surface area contributed by atoms with E-state index in [9.17, 15) is 24.8 Å². The molecular weight excluding hydrogens is 392 g/mol. The summed E-state index contributed by atoms with van der Waals surface area (Å²) in [6, 6.07) is 3.91. The summed E-state index contributed by atoms with van der Waals surface area (Å²) in [6.45, 7) is 0.443. The van der Waals surface area contributed by atoms with Crippen molar-refractivity contribution in [3.63, 3.8) is 0 Å². The second kappa shape index (κ2) is 9.47. The van der Waals surface area contributed by atoms with Gasteiger partial charge in [0.1, 0.15) is 4.32 Å². The van der Waals surface area contributed by atoms with Crippen LogP contribution in [-0.2, 0) is 14.3 Å². The molecule has 0 spiro atoms. The number of phenols is 1. The SMILES string of the molecule is COC(=O)CCCCCN1C(=O)/C(=C/c2ccc(O)c([N+](=O)[O-])c2)SC1=S. The Labute approximate surface area is 165 Å². The number of rotatable bonds is 8. The van der Waals surface area contributed by atoms with Crippen LogP contribution in [0.4, 0.5) is 5.69 Å². The monoisotopic (exact) mass is 410 g/mol. The molecule has 8 nitrogen and oxygen atoms in total. The van der Waals surface area contributed by atoms with Crippen molar-refractivity contribution < 1.29 is 24.4 Å². The Morgan fingerprint density at radius 1 is 1.41 bits per heavy atom. The second-order valence-corrected chi connectivity index (χ2v) is 7.40. The number of phenolic OH excluding ortho intramolecular Hbond substituents is 1. The molecule has 0 aliphatic carbocycles. The number of nitrogens with zero attached hydrogens (tertiary/aromatic N) is 2. The minimum absolute atomic E-state index is 0.256. The van der Waals surface area contributed by atoms with E-state index in [-0.39, 0.29) is 11.9 Å². The van der Waals surface area contributed by atoms with Crippen LogP contribution in [0.25, 0.3) is 6.08 Å². The third-order valence-electron chi connectivity index (χ3n) is 3.86. The van der Waals surface area contributed by atoms with E-state index in [0.29, 0.717) is 40.6 Å². The van der Waals surface area contributed by atoms with Crippen LogP contribution >= 0.6 is 24.0 Å². The highest BCUT2D eigenvalue weighted by atomic mass is 32.2. The van der Waals surface area contributed by atoms with Crippen LogP contribution in [0, 0.1) is 10.1 Å². The molecule has 1 aromatic rings. The highest BCUT2D eigenvalue weighted by molar-refractivity contribution is 8.26. The number of esters is 1. The van der Waals surface area contributed by atoms with Gasteiger partial charge < -0.3 is 9.84 Å². The van der Waals surface area contributed by atoms with E-state index >= 15 is 0 Å². The lowest BCUT2D eigenvalue weighted by atomic mass is 10.1. The van der Waals surface area contributed by atoms with Crippen LogP contribution in [0.1, 0.15) is 31.2 Å². The Kier molecular flexibility index (Phi) is 7.31. The van der Waals surface area contributed by atoms with Gasteiger partial charge in [-0.25, -0.2) is 0 Å². The summed E-state index contributed by atoms with van der Waals surface area (Å²) >= 11 is 6.37. The molecule has 1 aliphatic heterocycles. The number of nitro groups is 1. The van der Waals surface area contributed by atoms with Crippen molar-refractivity contribution >= 4 is 51.9 Å². The van der Waals surface area contributed by atoms with E-state index in [4.69, 9.17) is 12.2 Å². The number of carbonyl (C=O) groups is 2. The van der Waals surface area contributed by atoms with Crippen molar-refractivity contribution in [1.82, 2.24) is 4.90 Å². The second-order valence-electron chi connectivity index (χ2n) is 5.73. The van der Waals surface area contributed by atoms with Gasteiger partial charge in [-0.05, 0) is 30.5 Å². The highest BCUT2D eigenvalue weighted by Crippen LogP contribution is 2.34. The van der Waals surface area contributed by atoms with E-state index in [2.05, 4.69) is 4.74 Å². The predicted molar refractivity (Wildman–Crippen MR) is 105 cm³/mol. The molecule has 0 radical (unpaired) electrons. The fourth-order valence-corrected chi connectivity index (χ4v) is 3.75. The van der Waals surface area contributed by atoms with Crippen molar-refractivity contribution in [2.24, 2.45) is 0 Å². The fourth-order valence-electron chi connectivity index (χ4n) is 2.44. The Bertz CT molecular complexity index is 809. The Morgan fingerprint density at radius 3 is 2.81 bits per heavy atom. The summed E-state index contributed by atoms with van der Waals surface area (Å²) in [4.78, 5) is 35.7. The van der Waals surface area contributed by atoms with Gasteiger partial charge >= 0.3 is 11.7 Å². The molecule has 1 N–H and O–H groups in total. The molecule has 10 heteroatoms. The van der Waals surface area contributed by atoms with Gasteiger partial charge in [-0.3, -0.25) is 24.6 Å². The molecule has 0 atom stereocenters. The van der Waals surface area contributed by atoms with Gasteiger partial charge in [0.25, 0.3) is 5.91 Å². The Morgan fingerprint density at radius 2 is 2.15 bits per heavy atom. The van der Waals surface area contributed by atoms with Gasteiger partial charge in [0, 0.05) is 19.0 Å². The zero-order valence-corrected chi connectivity index (χ0v) is 16.2. The lowest BCUT2D eigenvalue weighted by Gasteiger charge is -2.13. The lowest BCUT2D eigenvalue weighted by Crippen LogP contribution is -2.29. The summed E-state index contributed by atoms with van der Waals surface area (Å²) in [5.74, 6) is -0.947. The molecule has 0 aromatic heterocycles. The van der Waals surface area contributed by atoms with E-state index in [0.717, 1.165) is 18.2 Å². The minimum atomic E-state index is -0.688. The molecule has 1 aliphatic rings. The van der Waals surface area contributed by atoms with Gasteiger partial charge in [-0.1, -0.05) is 36.5 Å². The quantitative estimate of drug-likeness (QED) is 0.174. The normalized spacial score (nSPS) is 15.4. The first-order valence-corrected chi connectivity index (χ1v) is 9.35. The van der Waals surface area contributed by atoms with Crippen LogP contribution in [0.5, 0.6) is 5.75 Å². The van der Waals surface area contributed by atoms with Crippen molar-refractivity contribution in [2.45, 2.75) is 25.7 Å². The van der Waals surface area contributed by atoms with Crippen LogP contribution in [-0.4, -0.2) is 44.8 Å². The number of thiocarbonyl (C=S) groups is 1. The molecule has 144 valence electrons. The van der Waals surface area contributed by atoms with E-state index < -0.39 is 16.4 Å². The smallest absolute Gasteiger partial charge is 0.311 e. The van der Waals surface area contributed by atoms with Gasteiger partial charge in [0.15, 0.2) is 5.75 Å². The van der Waals surface area contributed by atoms with Gasteiger partial charge in [-0.2, -0.15) is 0 Å². The molecule has 0 saturated carbocycles. The largest absolute Gasteiger partial charge is 0.502 e. The molecule has 1 saturated heterocycles. The Balaban J connectivity index is 1.99. The Hall–Kier alpha value is -2.46. The molecule has 1 heterocycles. The summed E-state index contributed by atoms with van der Waals surface area (Å²) in [5.41, 5.74) is 0.00270. The number of hydrogen-bond acceptors (Lipinski definition) is 8. The molecule has 0 bridgehead atoms. The number of nitro benzene ring substituents is 1. The third-order valence-corrected chi connectivity index (χ3v) is 5.24. The lowest BCUT2D eigenvalue weighted by molar-refractivity contribution is -0.385. The van der Waals surface area contributed by atoms with Gasteiger partial charge in [0.05, 0.1) is 16.9 Å².